The molecule has 86 valence electrons. The Kier molecular flexibility index (Phi) is 2.52. The van der Waals surface area contributed by atoms with Crippen molar-refractivity contribution in [3.63, 3.8) is 0 Å². The van der Waals surface area contributed by atoms with Crippen LogP contribution in [0.15, 0.2) is 31.0 Å². The number of carbonyl (C=O) groups excluding carboxylic acids is 1. The Labute approximate surface area is 97.1 Å². The highest BCUT2D eigenvalue weighted by molar-refractivity contribution is 6.07. The zero-order chi connectivity index (χ0) is 11.7. The molecule has 0 fully saturated rings. The van der Waals surface area contributed by atoms with Gasteiger partial charge in [0.25, 0.3) is 5.91 Å². The van der Waals surface area contributed by atoms with Crippen LogP contribution in [-0.4, -0.2) is 17.9 Å². The van der Waals surface area contributed by atoms with Crippen molar-refractivity contribution in [2.75, 3.05) is 7.05 Å². The molecule has 0 saturated heterocycles. The maximum Gasteiger partial charge on any atom is 0.253 e. The van der Waals surface area contributed by atoms with Crippen LogP contribution >= 0.6 is 0 Å². The summed E-state index contributed by atoms with van der Waals surface area (Å²) in [6.45, 7) is 5.85. The summed E-state index contributed by atoms with van der Waals surface area (Å²) < 4.78 is 0. The van der Waals surface area contributed by atoms with Gasteiger partial charge in [0, 0.05) is 27.0 Å². The van der Waals surface area contributed by atoms with E-state index in [4.69, 9.17) is 0 Å². The molecule has 0 atom stereocenters. The first kappa shape index (κ1) is 10.5. The lowest BCUT2D eigenvalue weighted by Gasteiger charge is -2.01. The van der Waals surface area contributed by atoms with Crippen LogP contribution < -0.4 is 5.32 Å². The van der Waals surface area contributed by atoms with E-state index in [1.807, 2.05) is 25.1 Å². The number of rotatable bonds is 2. The second-order valence-electron chi connectivity index (χ2n) is 3.82. The van der Waals surface area contributed by atoms with Crippen molar-refractivity contribution in [1.82, 2.24) is 10.3 Å². The molecule has 3 nitrogen and oxygen atoms in total. The fourth-order valence-corrected chi connectivity index (χ4v) is 1.71. The van der Waals surface area contributed by atoms with Crippen molar-refractivity contribution in [1.29, 1.82) is 0 Å². The van der Waals surface area contributed by atoms with Gasteiger partial charge in [0.15, 0.2) is 0 Å². The number of carbonyl (C=O) groups is 1. The average Bonchev–Trinajstić information content (AvgIpc) is 2.70. The maximum absolute atomic E-state index is 11.6. The van der Waals surface area contributed by atoms with Gasteiger partial charge in [-0.15, -0.1) is 0 Å². The van der Waals surface area contributed by atoms with E-state index in [1.54, 1.807) is 13.2 Å². The Morgan fingerprint density at radius 2 is 2.25 bits per heavy atom. The van der Waals surface area contributed by atoms with Crippen molar-refractivity contribution in [3.8, 4) is 0 Å². The molecule has 3 heteroatoms. The summed E-state index contributed by atoms with van der Waals surface area (Å²) in [5.74, 6) is -0.0786. The molecule has 2 rings (SSSR count). The molecule has 16 heavy (non-hydrogen) atoms. The summed E-state index contributed by atoms with van der Waals surface area (Å²) in [6, 6.07) is 5.94. The second-order valence-corrected chi connectivity index (χ2v) is 3.82. The van der Waals surface area contributed by atoms with Gasteiger partial charge in [-0.2, -0.15) is 0 Å². The summed E-state index contributed by atoms with van der Waals surface area (Å²) in [4.78, 5) is 14.7. The van der Waals surface area contributed by atoms with Gasteiger partial charge in [0.1, 0.15) is 0 Å². The fourth-order valence-electron chi connectivity index (χ4n) is 1.71. The molecular weight excluding hydrogens is 200 g/mol. The smallest absolute Gasteiger partial charge is 0.253 e. The zero-order valence-electron chi connectivity index (χ0n) is 9.42. The largest absolute Gasteiger partial charge is 0.360 e. The van der Waals surface area contributed by atoms with Crippen molar-refractivity contribution < 1.29 is 7.65 Å². The predicted octanol–water partition coefficient (Wildman–Crippen LogP) is 3.05. The van der Waals surface area contributed by atoms with Crippen LogP contribution in [0.1, 0.15) is 25.7 Å². The number of hydrogen-bond acceptors (Lipinski definition) is 1. The third-order valence-corrected chi connectivity index (χ3v) is 2.65. The van der Waals surface area contributed by atoms with Crippen LogP contribution in [0.3, 0.4) is 0 Å². The van der Waals surface area contributed by atoms with E-state index in [0.29, 0.717) is 5.56 Å². The Balaban J connectivity index is 0.00000144. The third kappa shape index (κ3) is 1.60. The highest BCUT2D eigenvalue weighted by Crippen LogP contribution is 2.22. The number of aromatic nitrogens is 1. The minimum atomic E-state index is -0.0786. The summed E-state index contributed by atoms with van der Waals surface area (Å²) in [5.41, 5.74) is 3.67. The van der Waals surface area contributed by atoms with Gasteiger partial charge < -0.3 is 10.3 Å². The first-order chi connectivity index (χ1) is 7.63. The summed E-state index contributed by atoms with van der Waals surface area (Å²) in [5, 5.41) is 3.56. The number of fused-ring (bicyclic) bond motifs is 1. The van der Waals surface area contributed by atoms with Gasteiger partial charge in [0.2, 0.25) is 0 Å². The zero-order valence-corrected chi connectivity index (χ0v) is 9.42. The molecule has 1 heterocycles. The van der Waals surface area contributed by atoms with Crippen LogP contribution in [0.25, 0.3) is 16.5 Å². The highest BCUT2D eigenvalue weighted by atomic mass is 16.1. The molecule has 0 aliphatic rings. The lowest BCUT2D eigenvalue weighted by Crippen LogP contribution is -2.17. The Hall–Kier alpha value is -2.03. The Bertz CT molecular complexity index is 575. The first-order valence-electron chi connectivity index (χ1n) is 5.12. The number of allylic oxidation sites excluding steroid dienone is 1. The SMILES string of the molecule is C=C(C)c1ccc2[nH]cc(C(=O)NC)c2c1.[HH].[HH]. The van der Waals surface area contributed by atoms with Crippen LogP contribution in [0.2, 0.25) is 0 Å². The standard InChI is InChI=1S/C13H14N2O.2H2/c1-8(2)9-4-5-12-10(6-9)11(7-15-12)13(16)14-3;;/h4-7,15H,1H2,2-3H3,(H,14,16);2*1H. The first-order valence-corrected chi connectivity index (χ1v) is 5.12. The number of amides is 1. The van der Waals surface area contributed by atoms with E-state index in [0.717, 1.165) is 22.0 Å². The van der Waals surface area contributed by atoms with Gasteiger partial charge in [-0.25, -0.2) is 0 Å². The lowest BCUT2D eigenvalue weighted by molar-refractivity contribution is 0.0965. The molecule has 1 aromatic carbocycles. The van der Waals surface area contributed by atoms with Gasteiger partial charge in [-0.1, -0.05) is 18.2 Å². The molecule has 0 radical (unpaired) electrons. The molecule has 1 amide bonds. The minimum Gasteiger partial charge on any atom is -0.360 e. The molecule has 0 saturated carbocycles. The van der Waals surface area contributed by atoms with Crippen LogP contribution in [0, 0.1) is 0 Å². The second kappa shape index (κ2) is 3.85. The van der Waals surface area contributed by atoms with E-state index in [2.05, 4.69) is 16.9 Å². The van der Waals surface area contributed by atoms with Crippen LogP contribution in [-0.2, 0) is 0 Å². The average molecular weight is 218 g/mol. The van der Waals surface area contributed by atoms with Crippen molar-refractivity contribution in [2.24, 2.45) is 0 Å². The number of hydrogen-bond donors (Lipinski definition) is 2. The van der Waals surface area contributed by atoms with Gasteiger partial charge in [-0.05, 0) is 24.6 Å². The predicted molar refractivity (Wildman–Crippen MR) is 70.6 cm³/mol. The topological polar surface area (TPSA) is 44.9 Å². The fraction of sp³-hybridized carbons (Fsp3) is 0.154. The van der Waals surface area contributed by atoms with Crippen LogP contribution in [0.5, 0.6) is 0 Å². The van der Waals surface area contributed by atoms with E-state index in [1.165, 1.54) is 0 Å². The quantitative estimate of drug-likeness (QED) is 0.799. The van der Waals surface area contributed by atoms with Crippen molar-refractivity contribution in [2.45, 2.75) is 6.92 Å². The summed E-state index contributed by atoms with van der Waals surface area (Å²) >= 11 is 0. The molecule has 2 aromatic rings. The maximum atomic E-state index is 11.6. The van der Waals surface area contributed by atoms with E-state index < -0.39 is 0 Å². The number of benzene rings is 1. The van der Waals surface area contributed by atoms with Gasteiger partial charge in [0.05, 0.1) is 5.56 Å². The van der Waals surface area contributed by atoms with Gasteiger partial charge in [-0.3, -0.25) is 4.79 Å². The Morgan fingerprint density at radius 1 is 1.50 bits per heavy atom. The minimum absolute atomic E-state index is 0. The molecule has 2 N–H and O–H groups in total. The van der Waals surface area contributed by atoms with Crippen molar-refractivity contribution >= 4 is 22.4 Å². The molecule has 0 unspecified atom stereocenters. The monoisotopic (exact) mass is 218 g/mol. The molecular formula is C13H18N2O. The normalized spacial score (nSPS) is 10.4. The summed E-state index contributed by atoms with van der Waals surface area (Å²) in [7, 11) is 1.63. The Morgan fingerprint density at radius 3 is 2.88 bits per heavy atom. The summed E-state index contributed by atoms with van der Waals surface area (Å²) in [6.07, 6.45) is 1.73. The number of H-pyrrole nitrogens is 1. The third-order valence-electron chi connectivity index (χ3n) is 2.65. The molecule has 0 bridgehead atoms. The molecule has 0 spiro atoms. The van der Waals surface area contributed by atoms with E-state index in [-0.39, 0.29) is 8.76 Å². The van der Waals surface area contributed by atoms with E-state index >= 15 is 0 Å². The lowest BCUT2D eigenvalue weighted by atomic mass is 10.0. The molecule has 0 aliphatic carbocycles. The number of nitrogens with one attached hydrogen (secondary N) is 2. The van der Waals surface area contributed by atoms with Crippen LogP contribution in [0.4, 0.5) is 0 Å². The molecule has 0 aliphatic heterocycles. The van der Waals surface area contributed by atoms with Crippen molar-refractivity contribution in [3.05, 3.63) is 42.1 Å². The van der Waals surface area contributed by atoms with E-state index in [9.17, 15) is 4.79 Å². The molecule has 1 aromatic heterocycles. The van der Waals surface area contributed by atoms with Gasteiger partial charge >= 0.3 is 0 Å². The number of aromatic amines is 1. The highest BCUT2D eigenvalue weighted by Gasteiger charge is 2.10.